The van der Waals surface area contributed by atoms with Crippen molar-refractivity contribution in [2.75, 3.05) is 0 Å². The van der Waals surface area contributed by atoms with Crippen molar-refractivity contribution >= 4 is 17.9 Å². The second-order valence-corrected chi connectivity index (χ2v) is 11.0. The first kappa shape index (κ1) is 25.7. The van der Waals surface area contributed by atoms with Crippen LogP contribution in [0.15, 0.2) is 12.2 Å². The van der Waals surface area contributed by atoms with Gasteiger partial charge in [-0.25, -0.2) is 0 Å². The summed E-state index contributed by atoms with van der Waals surface area (Å²) in [7, 11) is 0. The molecule has 0 spiro atoms. The minimum absolute atomic E-state index is 0.0514. The summed E-state index contributed by atoms with van der Waals surface area (Å²) in [5, 5.41) is 0. The Morgan fingerprint density at radius 2 is 1.55 bits per heavy atom. The van der Waals surface area contributed by atoms with E-state index < -0.39 is 17.3 Å². The SMILES string of the molecule is C=C1C[C@@H]2O[C@@H]([C@H]3[C@@H]2[C@](C)(OC(C)=O)CC[C@@H]3C(C)C)[C@](C)(OC(C)=O)CC[C@@H]1OC(C)=O. The Morgan fingerprint density at radius 1 is 0.970 bits per heavy atom. The maximum absolute atomic E-state index is 12.2. The van der Waals surface area contributed by atoms with Crippen molar-refractivity contribution < 1.29 is 33.3 Å². The van der Waals surface area contributed by atoms with Crippen LogP contribution in [0.3, 0.4) is 0 Å². The molecular weight excluding hydrogens is 424 g/mol. The molecule has 7 heteroatoms. The molecule has 3 rings (SSSR count). The maximum Gasteiger partial charge on any atom is 0.303 e. The molecule has 3 aliphatic rings. The van der Waals surface area contributed by atoms with Crippen molar-refractivity contribution in [1.29, 1.82) is 0 Å². The predicted octanol–water partition coefficient (Wildman–Crippen LogP) is 4.37. The summed E-state index contributed by atoms with van der Waals surface area (Å²) < 4.78 is 24.3. The van der Waals surface area contributed by atoms with Gasteiger partial charge in [0.05, 0.1) is 6.10 Å². The van der Waals surface area contributed by atoms with Crippen LogP contribution in [0, 0.1) is 23.7 Å². The number of carbonyl (C=O) groups excluding carboxylic acids is 3. The highest BCUT2D eigenvalue weighted by Crippen LogP contribution is 2.58. The van der Waals surface area contributed by atoms with E-state index in [1.807, 2.05) is 13.8 Å². The minimum Gasteiger partial charge on any atom is -0.459 e. The van der Waals surface area contributed by atoms with Crippen LogP contribution in [0.1, 0.15) is 80.6 Å². The Labute approximate surface area is 197 Å². The van der Waals surface area contributed by atoms with Gasteiger partial charge in [0.15, 0.2) is 0 Å². The first-order valence-electron chi connectivity index (χ1n) is 12.2. The van der Waals surface area contributed by atoms with Crippen LogP contribution in [0.4, 0.5) is 0 Å². The van der Waals surface area contributed by atoms with Crippen LogP contribution in [0.25, 0.3) is 0 Å². The molecule has 2 bridgehead atoms. The molecule has 8 atom stereocenters. The molecule has 2 heterocycles. The zero-order valence-corrected chi connectivity index (χ0v) is 21.1. The maximum atomic E-state index is 12.2. The van der Waals surface area contributed by atoms with Crippen molar-refractivity contribution in [3.63, 3.8) is 0 Å². The van der Waals surface area contributed by atoms with Gasteiger partial charge in [0.1, 0.15) is 23.4 Å². The van der Waals surface area contributed by atoms with E-state index in [2.05, 4.69) is 20.4 Å². The topological polar surface area (TPSA) is 88.1 Å². The van der Waals surface area contributed by atoms with Crippen molar-refractivity contribution in [3.05, 3.63) is 12.2 Å². The van der Waals surface area contributed by atoms with Crippen molar-refractivity contribution in [2.24, 2.45) is 23.7 Å². The lowest BCUT2D eigenvalue weighted by molar-refractivity contribution is -0.182. The molecule has 1 saturated carbocycles. The molecule has 0 amide bonds. The number of fused-ring (bicyclic) bond motifs is 5. The fourth-order valence-electron chi connectivity index (χ4n) is 6.79. The Morgan fingerprint density at radius 3 is 2.09 bits per heavy atom. The fourth-order valence-corrected chi connectivity index (χ4v) is 6.79. The molecule has 3 fully saturated rings. The normalized spacial score (nSPS) is 40.8. The fraction of sp³-hybridized carbons (Fsp3) is 0.808. The molecule has 0 unspecified atom stereocenters. The number of esters is 3. The van der Waals surface area contributed by atoms with Gasteiger partial charge in [0, 0.05) is 32.6 Å². The van der Waals surface area contributed by atoms with Gasteiger partial charge < -0.3 is 18.9 Å². The van der Waals surface area contributed by atoms with Crippen LogP contribution in [0.2, 0.25) is 0 Å². The van der Waals surface area contributed by atoms with Gasteiger partial charge in [-0.1, -0.05) is 20.4 Å². The molecule has 186 valence electrons. The molecule has 33 heavy (non-hydrogen) atoms. The van der Waals surface area contributed by atoms with Gasteiger partial charge in [-0.3, -0.25) is 14.4 Å². The van der Waals surface area contributed by atoms with Crippen LogP contribution < -0.4 is 0 Å². The Hall–Kier alpha value is -1.89. The number of ether oxygens (including phenoxy) is 4. The molecule has 2 saturated heterocycles. The second kappa shape index (κ2) is 9.40. The summed E-state index contributed by atoms with van der Waals surface area (Å²) in [6.07, 6.45) is 1.98. The lowest BCUT2D eigenvalue weighted by Crippen LogP contribution is -2.56. The van der Waals surface area contributed by atoms with Crippen molar-refractivity contribution in [2.45, 2.75) is 110 Å². The zero-order chi connectivity index (χ0) is 24.7. The first-order chi connectivity index (χ1) is 15.3. The van der Waals surface area contributed by atoms with Crippen molar-refractivity contribution in [1.82, 2.24) is 0 Å². The number of hydrogen-bond acceptors (Lipinski definition) is 7. The van der Waals surface area contributed by atoms with Gasteiger partial charge in [-0.15, -0.1) is 0 Å². The molecular formula is C26H40O7. The van der Waals surface area contributed by atoms with Gasteiger partial charge in [-0.05, 0) is 63.4 Å². The summed E-state index contributed by atoms with van der Waals surface area (Å²) in [6.45, 7) is 16.8. The summed E-state index contributed by atoms with van der Waals surface area (Å²) in [6, 6.07) is 0. The third kappa shape index (κ3) is 5.13. The van der Waals surface area contributed by atoms with E-state index in [-0.39, 0.29) is 42.0 Å². The van der Waals surface area contributed by atoms with Gasteiger partial charge in [-0.2, -0.15) is 0 Å². The average Bonchev–Trinajstić information content (AvgIpc) is 3.05. The first-order valence-corrected chi connectivity index (χ1v) is 12.2. The van der Waals surface area contributed by atoms with E-state index in [0.29, 0.717) is 31.1 Å². The molecule has 2 aliphatic heterocycles. The highest BCUT2D eigenvalue weighted by molar-refractivity contribution is 5.67. The van der Waals surface area contributed by atoms with E-state index in [9.17, 15) is 14.4 Å². The summed E-state index contributed by atoms with van der Waals surface area (Å²) in [5.74, 6) is -0.367. The summed E-state index contributed by atoms with van der Waals surface area (Å²) >= 11 is 0. The number of rotatable bonds is 4. The largest absolute Gasteiger partial charge is 0.459 e. The second-order valence-electron chi connectivity index (χ2n) is 11.0. The number of carbonyl (C=O) groups is 3. The Kier molecular flexibility index (Phi) is 7.33. The molecule has 0 N–H and O–H groups in total. The lowest BCUT2D eigenvalue weighted by atomic mass is 9.57. The zero-order valence-electron chi connectivity index (χ0n) is 21.1. The molecule has 7 nitrogen and oxygen atoms in total. The molecule has 0 aromatic carbocycles. The summed E-state index contributed by atoms with van der Waals surface area (Å²) in [5.41, 5.74) is -0.832. The average molecular weight is 465 g/mol. The third-order valence-electron chi connectivity index (χ3n) is 8.00. The number of hydrogen-bond donors (Lipinski definition) is 0. The third-order valence-corrected chi connectivity index (χ3v) is 8.00. The van der Waals surface area contributed by atoms with Gasteiger partial charge in [0.2, 0.25) is 0 Å². The van der Waals surface area contributed by atoms with E-state index in [0.717, 1.165) is 18.4 Å². The molecule has 1 aliphatic carbocycles. The minimum atomic E-state index is -0.909. The van der Waals surface area contributed by atoms with E-state index in [4.69, 9.17) is 18.9 Å². The highest BCUT2D eigenvalue weighted by atomic mass is 16.6. The van der Waals surface area contributed by atoms with Crippen molar-refractivity contribution in [3.8, 4) is 0 Å². The van der Waals surface area contributed by atoms with E-state index in [1.54, 1.807) is 0 Å². The van der Waals surface area contributed by atoms with Gasteiger partial charge in [0.25, 0.3) is 0 Å². The predicted molar refractivity (Wildman–Crippen MR) is 122 cm³/mol. The smallest absolute Gasteiger partial charge is 0.303 e. The quantitative estimate of drug-likeness (QED) is 0.347. The van der Waals surface area contributed by atoms with Gasteiger partial charge >= 0.3 is 17.9 Å². The molecule has 0 aromatic rings. The molecule has 0 aromatic heterocycles. The van der Waals surface area contributed by atoms with E-state index >= 15 is 0 Å². The monoisotopic (exact) mass is 464 g/mol. The summed E-state index contributed by atoms with van der Waals surface area (Å²) in [4.78, 5) is 36.1. The van der Waals surface area contributed by atoms with Crippen LogP contribution in [0.5, 0.6) is 0 Å². The van der Waals surface area contributed by atoms with Crippen LogP contribution in [-0.2, 0) is 33.3 Å². The Balaban J connectivity index is 2.12. The Bertz CT molecular complexity index is 804. The molecule has 0 radical (unpaired) electrons. The van der Waals surface area contributed by atoms with Crippen LogP contribution in [-0.4, -0.2) is 47.4 Å². The van der Waals surface area contributed by atoms with E-state index in [1.165, 1.54) is 20.8 Å². The lowest BCUT2D eigenvalue weighted by Gasteiger charge is -2.50. The standard InChI is InChI=1S/C26H40O7/c1-14(2)19-9-11-25(7,32-17(5)28)23-21-13-15(3)20(30-16(4)27)10-12-26(8,33-18(6)29)24(31-21)22(19)23/h14,19-24H,3,9-13H2,1-2,4-8H3/t19-,20+,21+,22-,23-,24+,25-,26-/m1/s1. The highest BCUT2D eigenvalue weighted by Gasteiger charge is 2.64. The van der Waals surface area contributed by atoms with Crippen LogP contribution >= 0.6 is 0 Å².